The summed E-state index contributed by atoms with van der Waals surface area (Å²) in [6.45, 7) is 0.401. The first kappa shape index (κ1) is 11.8. The average Bonchev–Trinajstić information content (AvgIpc) is 2.38. The van der Waals surface area contributed by atoms with E-state index in [1.54, 1.807) is 30.3 Å². The largest absolute Gasteiger partial charge is 0.384 e. The molecule has 0 amide bonds. The second-order valence-corrected chi connectivity index (χ2v) is 3.87. The quantitative estimate of drug-likeness (QED) is 0.851. The maximum absolute atomic E-state index is 13.5. The van der Waals surface area contributed by atoms with Crippen molar-refractivity contribution in [1.29, 1.82) is 0 Å². The molecular formula is C14H14FNO. The highest BCUT2D eigenvalue weighted by Crippen LogP contribution is 2.24. The zero-order chi connectivity index (χ0) is 12.3. The summed E-state index contributed by atoms with van der Waals surface area (Å²) >= 11 is 0. The second-order valence-electron chi connectivity index (χ2n) is 3.87. The van der Waals surface area contributed by atoms with Crippen LogP contribution in [0.1, 0.15) is 22.8 Å². The van der Waals surface area contributed by atoms with Crippen molar-refractivity contribution in [2.45, 2.75) is 12.6 Å². The number of aliphatic hydroxyl groups is 1. The van der Waals surface area contributed by atoms with E-state index in [0.717, 1.165) is 5.56 Å². The zero-order valence-electron chi connectivity index (χ0n) is 9.31. The van der Waals surface area contributed by atoms with Crippen LogP contribution >= 0.6 is 0 Å². The summed E-state index contributed by atoms with van der Waals surface area (Å²) in [5, 5.41) is 10.1. The van der Waals surface area contributed by atoms with Crippen molar-refractivity contribution in [1.82, 2.24) is 0 Å². The number of hydrogen-bond acceptors (Lipinski definition) is 2. The van der Waals surface area contributed by atoms with E-state index in [1.807, 2.05) is 12.1 Å². The predicted octanol–water partition coefficient (Wildman–Crippen LogP) is 2.37. The van der Waals surface area contributed by atoms with E-state index >= 15 is 0 Å². The van der Waals surface area contributed by atoms with Crippen LogP contribution in [0.25, 0.3) is 0 Å². The number of halogens is 1. The van der Waals surface area contributed by atoms with Gasteiger partial charge in [0, 0.05) is 12.1 Å². The molecule has 0 aliphatic rings. The minimum atomic E-state index is -0.956. The number of rotatable bonds is 3. The Hall–Kier alpha value is -1.71. The lowest BCUT2D eigenvalue weighted by atomic mass is 9.99. The summed E-state index contributed by atoms with van der Waals surface area (Å²) in [7, 11) is 0. The monoisotopic (exact) mass is 231 g/mol. The van der Waals surface area contributed by atoms with Gasteiger partial charge in [0.15, 0.2) is 0 Å². The number of aliphatic hydroxyl groups excluding tert-OH is 1. The molecule has 88 valence electrons. The van der Waals surface area contributed by atoms with E-state index in [2.05, 4.69) is 0 Å². The molecule has 3 heteroatoms. The highest BCUT2D eigenvalue weighted by Gasteiger charge is 2.14. The van der Waals surface area contributed by atoms with E-state index in [4.69, 9.17) is 5.73 Å². The second kappa shape index (κ2) is 5.08. The van der Waals surface area contributed by atoms with Crippen molar-refractivity contribution in [2.75, 3.05) is 0 Å². The molecule has 1 atom stereocenters. The first-order valence-corrected chi connectivity index (χ1v) is 5.44. The lowest BCUT2D eigenvalue weighted by Crippen LogP contribution is -2.04. The Morgan fingerprint density at radius 2 is 1.88 bits per heavy atom. The standard InChI is InChI=1S/C14H14FNO/c15-13-7-2-1-6-12(13)14(17)11-5-3-4-10(8-11)9-16/h1-8,14,17H,9,16H2. The van der Waals surface area contributed by atoms with Crippen LogP contribution in [0.15, 0.2) is 48.5 Å². The molecule has 0 bridgehead atoms. The van der Waals surface area contributed by atoms with E-state index < -0.39 is 11.9 Å². The minimum absolute atomic E-state index is 0.279. The first-order chi connectivity index (χ1) is 8.22. The number of hydrogen-bond donors (Lipinski definition) is 2. The summed E-state index contributed by atoms with van der Waals surface area (Å²) in [6.07, 6.45) is -0.956. The van der Waals surface area contributed by atoms with Crippen LogP contribution < -0.4 is 5.73 Å². The third-order valence-corrected chi connectivity index (χ3v) is 2.70. The number of benzene rings is 2. The Morgan fingerprint density at radius 1 is 1.12 bits per heavy atom. The molecule has 0 radical (unpaired) electrons. The Bertz CT molecular complexity index is 513. The van der Waals surface area contributed by atoms with Gasteiger partial charge in [-0.25, -0.2) is 4.39 Å². The fourth-order valence-electron chi connectivity index (χ4n) is 1.77. The van der Waals surface area contributed by atoms with Crippen LogP contribution in [0.5, 0.6) is 0 Å². The zero-order valence-corrected chi connectivity index (χ0v) is 9.31. The van der Waals surface area contributed by atoms with Crippen LogP contribution in [-0.2, 0) is 6.54 Å². The Labute approximate surface area is 99.5 Å². The topological polar surface area (TPSA) is 46.2 Å². The summed E-state index contributed by atoms with van der Waals surface area (Å²) in [5.41, 5.74) is 7.38. The molecule has 0 heterocycles. The molecule has 0 aliphatic heterocycles. The van der Waals surface area contributed by atoms with Gasteiger partial charge in [-0.3, -0.25) is 0 Å². The average molecular weight is 231 g/mol. The summed E-state index contributed by atoms with van der Waals surface area (Å²) in [5.74, 6) is -0.404. The van der Waals surface area contributed by atoms with Crippen molar-refractivity contribution in [3.05, 3.63) is 71.0 Å². The summed E-state index contributed by atoms with van der Waals surface area (Å²) in [4.78, 5) is 0. The molecule has 0 aromatic heterocycles. The van der Waals surface area contributed by atoms with Crippen molar-refractivity contribution >= 4 is 0 Å². The van der Waals surface area contributed by atoms with Gasteiger partial charge < -0.3 is 10.8 Å². The van der Waals surface area contributed by atoms with Crippen molar-refractivity contribution in [3.63, 3.8) is 0 Å². The van der Waals surface area contributed by atoms with Gasteiger partial charge in [-0.05, 0) is 17.2 Å². The highest BCUT2D eigenvalue weighted by molar-refractivity contribution is 5.33. The molecule has 2 rings (SSSR count). The molecule has 0 saturated heterocycles. The van der Waals surface area contributed by atoms with Gasteiger partial charge in [-0.1, -0.05) is 42.5 Å². The maximum Gasteiger partial charge on any atom is 0.129 e. The Balaban J connectivity index is 2.37. The van der Waals surface area contributed by atoms with Gasteiger partial charge in [-0.2, -0.15) is 0 Å². The molecule has 0 fully saturated rings. The lowest BCUT2D eigenvalue weighted by Gasteiger charge is -2.13. The Kier molecular flexibility index (Phi) is 3.52. The molecule has 2 aromatic carbocycles. The maximum atomic E-state index is 13.5. The molecule has 3 N–H and O–H groups in total. The van der Waals surface area contributed by atoms with Gasteiger partial charge in [0.2, 0.25) is 0 Å². The molecule has 17 heavy (non-hydrogen) atoms. The van der Waals surface area contributed by atoms with Gasteiger partial charge in [-0.15, -0.1) is 0 Å². The summed E-state index contributed by atoms with van der Waals surface area (Å²) < 4.78 is 13.5. The van der Waals surface area contributed by atoms with Crippen LogP contribution in [-0.4, -0.2) is 5.11 Å². The van der Waals surface area contributed by atoms with Gasteiger partial charge in [0.1, 0.15) is 11.9 Å². The molecular weight excluding hydrogens is 217 g/mol. The lowest BCUT2D eigenvalue weighted by molar-refractivity contribution is 0.215. The molecule has 1 unspecified atom stereocenters. The molecule has 0 spiro atoms. The third-order valence-electron chi connectivity index (χ3n) is 2.70. The fourth-order valence-corrected chi connectivity index (χ4v) is 1.77. The molecule has 0 saturated carbocycles. The van der Waals surface area contributed by atoms with Gasteiger partial charge in [0.25, 0.3) is 0 Å². The third kappa shape index (κ3) is 2.52. The van der Waals surface area contributed by atoms with E-state index in [1.165, 1.54) is 6.07 Å². The first-order valence-electron chi connectivity index (χ1n) is 5.44. The van der Waals surface area contributed by atoms with Gasteiger partial charge >= 0.3 is 0 Å². The molecule has 2 aromatic rings. The number of nitrogens with two attached hydrogens (primary N) is 1. The SMILES string of the molecule is NCc1cccc(C(O)c2ccccc2F)c1. The van der Waals surface area contributed by atoms with Crippen molar-refractivity contribution in [3.8, 4) is 0 Å². The van der Waals surface area contributed by atoms with Crippen LogP contribution in [0.3, 0.4) is 0 Å². The predicted molar refractivity (Wildman–Crippen MR) is 64.8 cm³/mol. The van der Waals surface area contributed by atoms with Crippen LogP contribution in [0.2, 0.25) is 0 Å². The molecule has 2 nitrogen and oxygen atoms in total. The van der Waals surface area contributed by atoms with E-state index in [9.17, 15) is 9.50 Å². The minimum Gasteiger partial charge on any atom is -0.384 e. The summed E-state index contributed by atoms with van der Waals surface area (Å²) in [6, 6.07) is 13.4. The normalized spacial score (nSPS) is 12.4. The Morgan fingerprint density at radius 3 is 2.59 bits per heavy atom. The van der Waals surface area contributed by atoms with Crippen LogP contribution in [0.4, 0.5) is 4.39 Å². The van der Waals surface area contributed by atoms with Crippen molar-refractivity contribution in [2.24, 2.45) is 5.73 Å². The fraction of sp³-hybridized carbons (Fsp3) is 0.143. The van der Waals surface area contributed by atoms with Gasteiger partial charge in [0.05, 0.1) is 0 Å². The van der Waals surface area contributed by atoms with Crippen LogP contribution in [0, 0.1) is 5.82 Å². The molecule has 0 aliphatic carbocycles. The smallest absolute Gasteiger partial charge is 0.129 e. The highest BCUT2D eigenvalue weighted by atomic mass is 19.1. The van der Waals surface area contributed by atoms with E-state index in [-0.39, 0.29) is 5.56 Å². The van der Waals surface area contributed by atoms with Crippen molar-refractivity contribution < 1.29 is 9.50 Å². The van der Waals surface area contributed by atoms with E-state index in [0.29, 0.717) is 12.1 Å².